The zero-order valence-electron chi connectivity index (χ0n) is 26.8. The molecule has 0 radical (unpaired) electrons. The molecule has 224 valence electrons. The summed E-state index contributed by atoms with van der Waals surface area (Å²) in [7, 11) is 0. The lowest BCUT2D eigenvalue weighted by molar-refractivity contribution is 1.28. The molecule has 0 bridgehead atoms. The van der Waals surface area contributed by atoms with Crippen LogP contribution in [0.3, 0.4) is 0 Å². The maximum Gasteiger partial charge on any atom is 0.0462 e. The van der Waals surface area contributed by atoms with Crippen molar-refractivity contribution in [3.63, 3.8) is 0 Å². The molecule has 0 amide bonds. The molecule has 0 aromatic heterocycles. The van der Waals surface area contributed by atoms with Gasteiger partial charge in [0.1, 0.15) is 0 Å². The van der Waals surface area contributed by atoms with Gasteiger partial charge in [0.25, 0.3) is 0 Å². The molecule has 1 nitrogen and oxygen atoms in total. The zero-order chi connectivity index (χ0) is 31.7. The Bertz CT molecular complexity index is 1930. The first kappa shape index (κ1) is 30.4. The first-order chi connectivity index (χ1) is 22.6. The Morgan fingerprint density at radius 1 is 0.283 bits per heavy atom. The van der Waals surface area contributed by atoms with E-state index in [2.05, 4.69) is 208 Å². The molecule has 1 heteroatoms. The molecule has 7 rings (SSSR count). The van der Waals surface area contributed by atoms with E-state index >= 15 is 0 Å². The minimum Gasteiger partial charge on any atom is -0.311 e. The molecular formula is C45H39N. The Labute approximate surface area is 274 Å². The van der Waals surface area contributed by atoms with Gasteiger partial charge in [-0.3, -0.25) is 0 Å². The molecule has 0 spiro atoms. The van der Waals surface area contributed by atoms with Gasteiger partial charge < -0.3 is 4.90 Å². The van der Waals surface area contributed by atoms with E-state index in [4.69, 9.17) is 0 Å². The van der Waals surface area contributed by atoms with Crippen molar-refractivity contribution in [3.05, 3.63) is 199 Å². The van der Waals surface area contributed by atoms with E-state index in [9.17, 15) is 0 Å². The molecule has 46 heavy (non-hydrogen) atoms. The molecule has 0 unspecified atom stereocenters. The Hall–Kier alpha value is -5.66. The van der Waals surface area contributed by atoms with Crippen LogP contribution >= 0.6 is 0 Å². The summed E-state index contributed by atoms with van der Waals surface area (Å²) in [6.45, 7) is 6.43. The fraction of sp³-hybridized carbons (Fsp3) is 0.0667. The lowest BCUT2D eigenvalue weighted by Gasteiger charge is -2.26. The summed E-state index contributed by atoms with van der Waals surface area (Å²) in [5.41, 5.74) is 15.0. The third kappa shape index (κ3) is 7.17. The number of anilines is 3. The SMILES string of the molecule is Cc1ccc(-c2ccc(N(c3ccccc3)c3ccc(-c4ccccc4)cc3)cc2)cc1.Cc1ccccc1-c1ccccc1C. The highest BCUT2D eigenvalue weighted by atomic mass is 15.1. The van der Waals surface area contributed by atoms with Gasteiger partial charge in [-0.2, -0.15) is 0 Å². The molecule has 0 N–H and O–H groups in total. The molecule has 7 aromatic carbocycles. The van der Waals surface area contributed by atoms with E-state index in [0.29, 0.717) is 0 Å². The van der Waals surface area contributed by atoms with Crippen molar-refractivity contribution < 1.29 is 0 Å². The van der Waals surface area contributed by atoms with Crippen molar-refractivity contribution in [2.45, 2.75) is 20.8 Å². The second-order valence-corrected chi connectivity index (χ2v) is 11.6. The second-order valence-electron chi connectivity index (χ2n) is 11.6. The predicted molar refractivity (Wildman–Crippen MR) is 198 cm³/mol. The first-order valence-corrected chi connectivity index (χ1v) is 15.9. The van der Waals surface area contributed by atoms with Crippen LogP contribution in [0.5, 0.6) is 0 Å². The van der Waals surface area contributed by atoms with Crippen LogP contribution in [0.2, 0.25) is 0 Å². The Morgan fingerprint density at radius 2 is 0.609 bits per heavy atom. The highest BCUT2D eigenvalue weighted by molar-refractivity contribution is 5.79. The molecular weight excluding hydrogens is 555 g/mol. The Morgan fingerprint density at radius 3 is 1.04 bits per heavy atom. The van der Waals surface area contributed by atoms with Crippen LogP contribution in [0.4, 0.5) is 17.1 Å². The molecule has 0 atom stereocenters. The predicted octanol–water partition coefficient (Wildman–Crippen LogP) is 12.8. The van der Waals surface area contributed by atoms with E-state index in [-0.39, 0.29) is 0 Å². The van der Waals surface area contributed by atoms with Crippen LogP contribution in [0.25, 0.3) is 33.4 Å². The van der Waals surface area contributed by atoms with Crippen molar-refractivity contribution in [3.8, 4) is 33.4 Å². The van der Waals surface area contributed by atoms with Crippen molar-refractivity contribution in [2.75, 3.05) is 4.90 Å². The van der Waals surface area contributed by atoms with Gasteiger partial charge in [-0.15, -0.1) is 0 Å². The third-order valence-electron chi connectivity index (χ3n) is 8.34. The fourth-order valence-corrected chi connectivity index (χ4v) is 5.76. The summed E-state index contributed by atoms with van der Waals surface area (Å²) < 4.78 is 0. The Kier molecular flexibility index (Phi) is 9.52. The average Bonchev–Trinajstić information content (AvgIpc) is 3.11. The molecule has 0 aliphatic carbocycles. The van der Waals surface area contributed by atoms with Gasteiger partial charge >= 0.3 is 0 Å². The lowest BCUT2D eigenvalue weighted by atomic mass is 9.97. The summed E-state index contributed by atoms with van der Waals surface area (Å²) in [5, 5.41) is 0. The average molecular weight is 594 g/mol. The number of nitrogens with zero attached hydrogens (tertiary/aromatic N) is 1. The normalized spacial score (nSPS) is 10.5. The van der Waals surface area contributed by atoms with E-state index in [1.807, 2.05) is 0 Å². The maximum absolute atomic E-state index is 2.30. The molecule has 0 fully saturated rings. The van der Waals surface area contributed by atoms with Gasteiger partial charge in [0.05, 0.1) is 0 Å². The summed E-state index contributed by atoms with van der Waals surface area (Å²) >= 11 is 0. The van der Waals surface area contributed by atoms with E-state index in [1.54, 1.807) is 0 Å². The summed E-state index contributed by atoms with van der Waals surface area (Å²) in [6.07, 6.45) is 0. The Balaban J connectivity index is 0.000000221. The minimum absolute atomic E-state index is 1.14. The van der Waals surface area contributed by atoms with Crippen LogP contribution in [0.15, 0.2) is 182 Å². The molecule has 0 aliphatic rings. The second kappa shape index (κ2) is 14.4. The van der Waals surface area contributed by atoms with E-state index in [0.717, 1.165) is 17.1 Å². The zero-order valence-corrected chi connectivity index (χ0v) is 26.8. The molecule has 0 saturated heterocycles. The van der Waals surface area contributed by atoms with Crippen LogP contribution in [0.1, 0.15) is 16.7 Å². The summed E-state index contributed by atoms with van der Waals surface area (Å²) in [5.74, 6) is 0. The van der Waals surface area contributed by atoms with Gasteiger partial charge in [-0.1, -0.05) is 151 Å². The maximum atomic E-state index is 2.30. The van der Waals surface area contributed by atoms with Gasteiger partial charge in [-0.05, 0) is 102 Å². The van der Waals surface area contributed by atoms with Crippen molar-refractivity contribution >= 4 is 17.1 Å². The number of aryl methyl sites for hydroxylation is 3. The highest BCUT2D eigenvalue weighted by Crippen LogP contribution is 2.36. The quantitative estimate of drug-likeness (QED) is 0.185. The molecule has 0 aliphatic heterocycles. The standard InChI is InChI=1S/C31H25N.C14H14/c1-24-12-14-26(15-13-24)28-18-22-31(23-19-28)32(29-10-6-3-7-11-29)30-20-16-27(17-21-30)25-8-4-2-5-9-25;1-11-7-3-5-9-13(11)14-10-6-4-8-12(14)2/h2-23H,1H3;3-10H,1-2H3. The number of hydrogen-bond acceptors (Lipinski definition) is 1. The van der Waals surface area contributed by atoms with Crippen LogP contribution in [0, 0.1) is 20.8 Å². The van der Waals surface area contributed by atoms with Gasteiger partial charge in [0, 0.05) is 17.1 Å². The molecule has 0 saturated carbocycles. The third-order valence-corrected chi connectivity index (χ3v) is 8.34. The van der Waals surface area contributed by atoms with Crippen LogP contribution in [-0.2, 0) is 0 Å². The van der Waals surface area contributed by atoms with Crippen LogP contribution in [-0.4, -0.2) is 0 Å². The van der Waals surface area contributed by atoms with E-state index in [1.165, 1.54) is 50.1 Å². The highest BCUT2D eigenvalue weighted by Gasteiger charge is 2.13. The monoisotopic (exact) mass is 593 g/mol. The van der Waals surface area contributed by atoms with E-state index < -0.39 is 0 Å². The number of para-hydroxylation sites is 1. The number of benzene rings is 7. The van der Waals surface area contributed by atoms with Crippen LogP contribution < -0.4 is 4.90 Å². The van der Waals surface area contributed by atoms with Crippen molar-refractivity contribution in [2.24, 2.45) is 0 Å². The topological polar surface area (TPSA) is 3.24 Å². The van der Waals surface area contributed by atoms with Gasteiger partial charge in [0.15, 0.2) is 0 Å². The van der Waals surface area contributed by atoms with Gasteiger partial charge in [-0.25, -0.2) is 0 Å². The van der Waals surface area contributed by atoms with Crippen molar-refractivity contribution in [1.82, 2.24) is 0 Å². The minimum atomic E-state index is 1.14. The summed E-state index contributed by atoms with van der Waals surface area (Å²) in [6, 6.07) is 64.3. The lowest BCUT2D eigenvalue weighted by Crippen LogP contribution is -2.09. The smallest absolute Gasteiger partial charge is 0.0462 e. The first-order valence-electron chi connectivity index (χ1n) is 15.9. The van der Waals surface area contributed by atoms with Gasteiger partial charge in [0.2, 0.25) is 0 Å². The molecule has 7 aromatic rings. The number of hydrogen-bond donors (Lipinski definition) is 0. The number of rotatable bonds is 6. The summed E-state index contributed by atoms with van der Waals surface area (Å²) in [4.78, 5) is 2.30. The largest absolute Gasteiger partial charge is 0.311 e. The molecule has 0 heterocycles. The van der Waals surface area contributed by atoms with Crippen molar-refractivity contribution in [1.29, 1.82) is 0 Å². The fourth-order valence-electron chi connectivity index (χ4n) is 5.76.